The summed E-state index contributed by atoms with van der Waals surface area (Å²) in [6.45, 7) is 11.9. The van der Waals surface area contributed by atoms with Crippen molar-refractivity contribution in [2.45, 2.75) is 59.5 Å². The Morgan fingerprint density at radius 3 is 1.89 bits per heavy atom. The smallest absolute Gasteiger partial charge is 0.351 e. The molecule has 1 fully saturated rings. The van der Waals surface area contributed by atoms with E-state index in [4.69, 9.17) is 17.7 Å². The van der Waals surface area contributed by atoms with Gasteiger partial charge in [-0.25, -0.2) is 0 Å². The van der Waals surface area contributed by atoms with Gasteiger partial charge in [-0.1, -0.05) is 13.3 Å². The molecule has 0 aromatic carbocycles. The summed E-state index contributed by atoms with van der Waals surface area (Å²) in [5.41, 5.74) is -0.175. The maximum absolute atomic E-state index is 6.29. The van der Waals surface area contributed by atoms with Crippen LogP contribution in [0.1, 0.15) is 53.9 Å². The van der Waals surface area contributed by atoms with E-state index in [1.807, 2.05) is 20.8 Å². The molecule has 1 saturated carbocycles. The molecule has 0 bridgehead atoms. The lowest BCUT2D eigenvalue weighted by molar-refractivity contribution is -0.0948. The van der Waals surface area contributed by atoms with Gasteiger partial charge in [0.25, 0.3) is 0 Å². The zero-order valence-electron chi connectivity index (χ0n) is 12.5. The number of hydrogen-bond acceptors (Lipinski definition) is 4. The first-order valence-corrected chi connectivity index (χ1v) is 8.77. The lowest BCUT2D eigenvalue weighted by atomic mass is 9.95. The van der Waals surface area contributed by atoms with Gasteiger partial charge in [0.2, 0.25) is 0 Å². The van der Waals surface area contributed by atoms with Gasteiger partial charge >= 0.3 is 9.05 Å². The van der Waals surface area contributed by atoms with Gasteiger partial charge in [0.1, 0.15) is 0 Å². The molecule has 0 saturated heterocycles. The molecule has 1 aliphatic rings. The van der Waals surface area contributed by atoms with Crippen LogP contribution in [0.2, 0.25) is 0 Å². The first-order valence-electron chi connectivity index (χ1n) is 7.14. The highest BCUT2D eigenvalue weighted by atomic mass is 28.4. The molecule has 0 heterocycles. The van der Waals surface area contributed by atoms with Crippen LogP contribution in [0.15, 0.2) is 0 Å². The molecule has 5 heteroatoms. The molecule has 2 atom stereocenters. The molecule has 1 rings (SSSR count). The monoisotopic (exact) mass is 276 g/mol. The Balaban J connectivity index is 2.81. The second-order valence-electron chi connectivity index (χ2n) is 5.01. The predicted octanol–water partition coefficient (Wildman–Crippen LogP) is 3.13. The third-order valence-corrected chi connectivity index (χ3v) is 6.32. The van der Waals surface area contributed by atoms with Gasteiger partial charge < -0.3 is 17.7 Å². The van der Waals surface area contributed by atoms with Crippen molar-refractivity contribution in [2.75, 3.05) is 19.8 Å². The van der Waals surface area contributed by atoms with E-state index in [-0.39, 0.29) is 5.60 Å². The van der Waals surface area contributed by atoms with Crippen LogP contribution in [0.4, 0.5) is 0 Å². The summed E-state index contributed by atoms with van der Waals surface area (Å²) >= 11 is 0. The van der Waals surface area contributed by atoms with Gasteiger partial charge in [0.05, 0.1) is 5.60 Å². The molecule has 0 radical (unpaired) electrons. The van der Waals surface area contributed by atoms with Crippen LogP contribution >= 0.6 is 0 Å². The maximum atomic E-state index is 6.29. The SMILES string of the molecule is CCO[Si](OCC)(OCC)O[C@@]1(C)CCC[C@H]1C. The van der Waals surface area contributed by atoms with Crippen molar-refractivity contribution >= 4 is 9.05 Å². The molecule has 0 aromatic rings. The Morgan fingerprint density at radius 1 is 1.06 bits per heavy atom. The van der Waals surface area contributed by atoms with Gasteiger partial charge in [0, 0.05) is 19.8 Å². The minimum absolute atomic E-state index is 0.175. The van der Waals surface area contributed by atoms with E-state index in [9.17, 15) is 0 Å². The van der Waals surface area contributed by atoms with Gasteiger partial charge in [0.15, 0.2) is 0 Å². The Bertz CT molecular complexity index is 232. The van der Waals surface area contributed by atoms with E-state index in [1.54, 1.807) is 0 Å². The first kappa shape index (κ1) is 16.1. The highest BCUT2D eigenvalue weighted by Gasteiger charge is 2.53. The molecule has 1 aliphatic carbocycles. The molecule has 0 spiro atoms. The van der Waals surface area contributed by atoms with Gasteiger partial charge in [-0.05, 0) is 46.5 Å². The van der Waals surface area contributed by atoms with Gasteiger partial charge in [-0.3, -0.25) is 0 Å². The van der Waals surface area contributed by atoms with Crippen LogP contribution in [-0.2, 0) is 17.7 Å². The lowest BCUT2D eigenvalue weighted by Gasteiger charge is -2.37. The Hall–Kier alpha value is 0.0569. The minimum Gasteiger partial charge on any atom is -0.351 e. The van der Waals surface area contributed by atoms with E-state index >= 15 is 0 Å². The van der Waals surface area contributed by atoms with E-state index in [0.717, 1.165) is 6.42 Å². The highest BCUT2D eigenvalue weighted by Crippen LogP contribution is 2.40. The standard InChI is InChI=1S/C13H28O4Si/c1-6-14-18(15-7-2,16-8-3)17-13(5)11-9-10-12(13)4/h12H,6-11H2,1-5H3/t12-,13+/m1/s1. The van der Waals surface area contributed by atoms with Gasteiger partial charge in [-0.15, -0.1) is 0 Å². The highest BCUT2D eigenvalue weighted by molar-refractivity contribution is 6.53. The average molecular weight is 276 g/mol. The van der Waals surface area contributed by atoms with Crippen LogP contribution in [0.5, 0.6) is 0 Å². The molecular formula is C13H28O4Si. The van der Waals surface area contributed by atoms with Crippen molar-refractivity contribution in [2.24, 2.45) is 5.92 Å². The summed E-state index contributed by atoms with van der Waals surface area (Å²) < 4.78 is 23.6. The quantitative estimate of drug-likeness (QED) is 0.638. The largest absolute Gasteiger partial charge is 0.680 e. The Labute approximate surface area is 112 Å². The van der Waals surface area contributed by atoms with Crippen molar-refractivity contribution in [3.8, 4) is 0 Å². The molecule has 0 amide bonds. The summed E-state index contributed by atoms with van der Waals surface area (Å²) in [7, 11) is -2.97. The maximum Gasteiger partial charge on any atom is 0.680 e. The Kier molecular flexibility index (Phi) is 6.27. The zero-order valence-corrected chi connectivity index (χ0v) is 13.5. The summed E-state index contributed by atoms with van der Waals surface area (Å²) in [5.74, 6) is 0.519. The van der Waals surface area contributed by atoms with Crippen LogP contribution in [-0.4, -0.2) is 34.5 Å². The van der Waals surface area contributed by atoms with Crippen molar-refractivity contribution in [3.05, 3.63) is 0 Å². The third-order valence-electron chi connectivity index (χ3n) is 3.67. The second-order valence-corrected chi connectivity index (χ2v) is 7.08. The minimum atomic E-state index is -2.97. The molecule has 0 unspecified atom stereocenters. The molecular weight excluding hydrogens is 248 g/mol. The van der Waals surface area contributed by atoms with Crippen LogP contribution < -0.4 is 0 Å². The topological polar surface area (TPSA) is 36.9 Å². The van der Waals surface area contributed by atoms with Crippen molar-refractivity contribution in [1.82, 2.24) is 0 Å². The Morgan fingerprint density at radius 2 is 1.56 bits per heavy atom. The summed E-state index contributed by atoms with van der Waals surface area (Å²) in [6.07, 6.45) is 3.45. The van der Waals surface area contributed by atoms with E-state index in [0.29, 0.717) is 25.7 Å². The number of hydrogen-bond donors (Lipinski definition) is 0. The fourth-order valence-corrected chi connectivity index (χ4v) is 4.85. The predicted molar refractivity (Wildman–Crippen MR) is 73.1 cm³/mol. The normalized spacial score (nSPS) is 28.8. The molecule has 0 aromatic heterocycles. The van der Waals surface area contributed by atoms with E-state index < -0.39 is 9.05 Å². The third kappa shape index (κ3) is 3.77. The van der Waals surface area contributed by atoms with E-state index in [1.165, 1.54) is 12.8 Å². The van der Waals surface area contributed by atoms with Crippen molar-refractivity contribution in [1.29, 1.82) is 0 Å². The molecule has 0 aliphatic heterocycles. The average Bonchev–Trinajstić information content (AvgIpc) is 2.60. The lowest BCUT2D eigenvalue weighted by Crippen LogP contribution is -2.55. The first-order chi connectivity index (χ1) is 8.52. The van der Waals surface area contributed by atoms with Crippen LogP contribution in [0.25, 0.3) is 0 Å². The zero-order chi connectivity index (χ0) is 13.6. The number of rotatable bonds is 8. The molecule has 18 heavy (non-hydrogen) atoms. The van der Waals surface area contributed by atoms with Crippen LogP contribution in [0, 0.1) is 5.92 Å². The molecule has 0 N–H and O–H groups in total. The molecule has 4 nitrogen and oxygen atoms in total. The van der Waals surface area contributed by atoms with E-state index in [2.05, 4.69) is 13.8 Å². The van der Waals surface area contributed by atoms with Crippen molar-refractivity contribution < 1.29 is 17.7 Å². The fourth-order valence-electron chi connectivity index (χ4n) is 2.49. The second kappa shape index (κ2) is 7.00. The van der Waals surface area contributed by atoms with Crippen LogP contribution in [0.3, 0.4) is 0 Å². The fraction of sp³-hybridized carbons (Fsp3) is 1.00. The summed E-state index contributed by atoms with van der Waals surface area (Å²) in [5, 5.41) is 0. The van der Waals surface area contributed by atoms with Gasteiger partial charge in [-0.2, -0.15) is 0 Å². The summed E-state index contributed by atoms with van der Waals surface area (Å²) in [4.78, 5) is 0. The molecule has 108 valence electrons. The van der Waals surface area contributed by atoms with Crippen molar-refractivity contribution in [3.63, 3.8) is 0 Å². The summed E-state index contributed by atoms with van der Waals surface area (Å²) in [6, 6.07) is 0.